The van der Waals surface area contributed by atoms with Gasteiger partial charge in [0.05, 0.1) is 11.1 Å². The van der Waals surface area contributed by atoms with Gasteiger partial charge in [-0.25, -0.2) is 4.98 Å². The van der Waals surface area contributed by atoms with Crippen LogP contribution in [0.3, 0.4) is 0 Å². The van der Waals surface area contributed by atoms with E-state index in [-0.39, 0.29) is 4.88 Å². The average Bonchev–Trinajstić information content (AvgIpc) is 2.69. The first kappa shape index (κ1) is 17.3. The molecule has 116 valence electrons. The van der Waals surface area contributed by atoms with Crippen LogP contribution in [0, 0.1) is 17.8 Å². The fraction of sp³-hybridized carbons (Fsp3) is 0.400. The molecule has 0 atom stereocenters. The molecular weight excluding hydrogens is 326 g/mol. The molecule has 0 radical (unpaired) electrons. The molecule has 0 bridgehead atoms. The Hall–Kier alpha value is -1.80. The number of rotatable bonds is 2. The predicted octanol–water partition coefficient (Wildman–Crippen LogP) is 2.17. The minimum Gasteiger partial charge on any atom is -0.384 e. The molecule has 1 aromatic rings. The van der Waals surface area contributed by atoms with Crippen LogP contribution in [-0.2, 0) is 4.79 Å². The summed E-state index contributed by atoms with van der Waals surface area (Å²) in [6.45, 7) is -0.482. The fourth-order valence-corrected chi connectivity index (χ4v) is 1.87. The number of hydrogen-bond donors (Lipinski definition) is 2. The zero-order valence-corrected chi connectivity index (χ0v) is 10.7. The molecule has 11 heteroatoms. The first-order chi connectivity index (χ1) is 9.55. The minimum atomic E-state index is -5.76. The van der Waals surface area contributed by atoms with Gasteiger partial charge in [-0.3, -0.25) is 4.79 Å². The quantitative estimate of drug-likeness (QED) is 0.644. The van der Waals surface area contributed by atoms with Crippen molar-refractivity contribution in [2.75, 3.05) is 11.9 Å². The molecule has 0 aliphatic heterocycles. The number of halogens is 6. The van der Waals surface area contributed by atoms with E-state index in [1.54, 1.807) is 0 Å². The summed E-state index contributed by atoms with van der Waals surface area (Å²) < 4.78 is 73.8. The molecule has 0 fully saturated rings. The summed E-state index contributed by atoms with van der Waals surface area (Å²) in [4.78, 5) is 14.8. The molecule has 0 spiro atoms. The van der Waals surface area contributed by atoms with Crippen LogP contribution >= 0.6 is 11.3 Å². The first-order valence-corrected chi connectivity index (χ1v) is 5.87. The fourth-order valence-electron chi connectivity index (χ4n) is 1.18. The molecule has 4 nitrogen and oxygen atoms in total. The molecule has 0 saturated heterocycles. The molecule has 1 aromatic heterocycles. The van der Waals surface area contributed by atoms with E-state index in [1.807, 2.05) is 0 Å². The number of aliphatic hydroxyl groups is 1. The molecule has 0 saturated carbocycles. The normalized spacial score (nSPS) is 12.0. The Labute approximate surface area is 117 Å². The van der Waals surface area contributed by atoms with Gasteiger partial charge in [0, 0.05) is 0 Å². The number of carbonyl (C=O) groups is 1. The predicted molar refractivity (Wildman–Crippen MR) is 60.3 cm³/mol. The highest BCUT2D eigenvalue weighted by Gasteiger charge is 2.61. The summed E-state index contributed by atoms with van der Waals surface area (Å²) in [6, 6.07) is 0. The second-order valence-electron chi connectivity index (χ2n) is 3.50. The average molecular weight is 332 g/mol. The lowest BCUT2D eigenvalue weighted by Crippen LogP contribution is -2.45. The Bertz CT molecular complexity index is 555. The van der Waals surface area contributed by atoms with Crippen LogP contribution < -0.4 is 5.32 Å². The van der Waals surface area contributed by atoms with Crippen LogP contribution in [0.15, 0.2) is 6.20 Å². The molecule has 1 amide bonds. The van der Waals surface area contributed by atoms with Crippen molar-refractivity contribution in [2.24, 2.45) is 5.92 Å². The van der Waals surface area contributed by atoms with Crippen molar-refractivity contribution >= 4 is 22.4 Å². The summed E-state index contributed by atoms with van der Waals surface area (Å²) >= 11 is 0.577. The van der Waals surface area contributed by atoms with Crippen LogP contribution in [0.1, 0.15) is 4.88 Å². The van der Waals surface area contributed by atoms with E-state index in [0.717, 1.165) is 6.20 Å². The third kappa shape index (κ3) is 4.91. The van der Waals surface area contributed by atoms with E-state index >= 15 is 0 Å². The Morgan fingerprint density at radius 1 is 1.33 bits per heavy atom. The van der Waals surface area contributed by atoms with E-state index in [4.69, 9.17) is 5.11 Å². The molecule has 1 rings (SSSR count). The number of aliphatic hydroxyl groups excluding tert-OH is 1. The molecule has 1 heterocycles. The second-order valence-corrected chi connectivity index (χ2v) is 4.53. The lowest BCUT2D eigenvalue weighted by Gasteiger charge is -2.21. The summed E-state index contributed by atoms with van der Waals surface area (Å²) in [7, 11) is 0. The Morgan fingerprint density at radius 3 is 2.38 bits per heavy atom. The highest BCUT2D eigenvalue weighted by atomic mass is 32.1. The van der Waals surface area contributed by atoms with Gasteiger partial charge < -0.3 is 10.4 Å². The van der Waals surface area contributed by atoms with Crippen LogP contribution in [0.5, 0.6) is 0 Å². The number of aromatic nitrogens is 1. The Kier molecular flexibility index (Phi) is 5.19. The van der Waals surface area contributed by atoms with E-state index in [0.29, 0.717) is 11.3 Å². The largest absolute Gasteiger partial charge is 0.409 e. The van der Waals surface area contributed by atoms with Gasteiger partial charge in [0.2, 0.25) is 11.8 Å². The second kappa shape index (κ2) is 6.31. The molecule has 0 unspecified atom stereocenters. The topological polar surface area (TPSA) is 62.2 Å². The van der Waals surface area contributed by atoms with E-state index in [9.17, 15) is 31.1 Å². The summed E-state index contributed by atoms with van der Waals surface area (Å²) in [6.07, 6.45) is -10.5. The summed E-state index contributed by atoms with van der Waals surface area (Å²) in [5.41, 5.74) is 0. The number of alkyl halides is 6. The molecule has 0 aliphatic rings. The number of carbonyl (C=O) groups excluding carboxylic acids is 1. The first-order valence-electron chi connectivity index (χ1n) is 5.05. The van der Waals surface area contributed by atoms with Gasteiger partial charge in [-0.1, -0.05) is 23.2 Å². The third-order valence-corrected chi connectivity index (χ3v) is 2.77. The number of anilines is 1. The van der Waals surface area contributed by atoms with Crippen molar-refractivity contribution < 1.29 is 36.2 Å². The zero-order valence-electron chi connectivity index (χ0n) is 9.84. The van der Waals surface area contributed by atoms with Crippen LogP contribution in [0.4, 0.5) is 31.5 Å². The molecular formula is C10H6F6N2O2S. The number of hydrogen-bond acceptors (Lipinski definition) is 4. The lowest BCUT2D eigenvalue weighted by atomic mass is 10.1. The van der Waals surface area contributed by atoms with E-state index in [1.165, 1.54) is 5.32 Å². The Balaban J connectivity index is 2.90. The highest BCUT2D eigenvalue weighted by Crippen LogP contribution is 2.40. The summed E-state index contributed by atoms with van der Waals surface area (Å²) in [5, 5.41) is 9.41. The van der Waals surface area contributed by atoms with Gasteiger partial charge in [0.25, 0.3) is 0 Å². The Morgan fingerprint density at radius 2 is 1.90 bits per heavy atom. The maximum Gasteiger partial charge on any atom is 0.409 e. The van der Waals surface area contributed by atoms with Crippen LogP contribution in [-0.4, -0.2) is 35.0 Å². The maximum absolute atomic E-state index is 12.3. The number of nitrogens with zero attached hydrogens (tertiary/aromatic N) is 1. The zero-order chi connectivity index (χ0) is 16.3. The lowest BCUT2D eigenvalue weighted by molar-refractivity contribution is -0.272. The van der Waals surface area contributed by atoms with Crippen molar-refractivity contribution in [2.45, 2.75) is 12.4 Å². The SMILES string of the molecule is O=C(Nc1ncc(C#CCO)s1)C(C(F)(F)F)C(F)(F)F. The standard InChI is InChI=1S/C10H6F6N2O2S/c11-9(12,13)6(10(14,15)16)7(20)18-8-17-4-5(21-8)2-1-3-19/h4,6,19H,3H2,(H,17,18,20). The van der Waals surface area contributed by atoms with Gasteiger partial charge in [-0.15, -0.1) is 0 Å². The summed E-state index contributed by atoms with van der Waals surface area (Å²) in [5.74, 6) is -1.87. The smallest absolute Gasteiger partial charge is 0.384 e. The third-order valence-electron chi connectivity index (χ3n) is 1.94. The van der Waals surface area contributed by atoms with Gasteiger partial charge in [-0.05, 0) is 0 Å². The number of nitrogens with one attached hydrogen (secondary N) is 1. The van der Waals surface area contributed by atoms with Crippen molar-refractivity contribution in [1.82, 2.24) is 4.98 Å². The number of thiazole rings is 1. The van der Waals surface area contributed by atoms with E-state index in [2.05, 4.69) is 16.8 Å². The van der Waals surface area contributed by atoms with Crippen LogP contribution in [0.2, 0.25) is 0 Å². The maximum atomic E-state index is 12.3. The molecule has 0 aromatic carbocycles. The van der Waals surface area contributed by atoms with Crippen molar-refractivity contribution in [3.63, 3.8) is 0 Å². The van der Waals surface area contributed by atoms with Crippen LogP contribution in [0.25, 0.3) is 0 Å². The number of amides is 1. The van der Waals surface area contributed by atoms with Crippen molar-refractivity contribution in [3.05, 3.63) is 11.1 Å². The molecule has 2 N–H and O–H groups in total. The monoisotopic (exact) mass is 332 g/mol. The van der Waals surface area contributed by atoms with Crippen molar-refractivity contribution in [1.29, 1.82) is 0 Å². The highest BCUT2D eigenvalue weighted by molar-refractivity contribution is 7.16. The van der Waals surface area contributed by atoms with Gasteiger partial charge in [0.1, 0.15) is 6.61 Å². The molecule has 21 heavy (non-hydrogen) atoms. The van der Waals surface area contributed by atoms with Gasteiger partial charge >= 0.3 is 12.4 Å². The van der Waals surface area contributed by atoms with Gasteiger partial charge in [-0.2, -0.15) is 26.3 Å². The molecule has 0 aliphatic carbocycles. The van der Waals surface area contributed by atoms with Crippen molar-refractivity contribution in [3.8, 4) is 11.8 Å². The minimum absolute atomic E-state index is 0.162. The van der Waals surface area contributed by atoms with Gasteiger partial charge in [0.15, 0.2) is 5.13 Å². The van der Waals surface area contributed by atoms with E-state index < -0.39 is 35.9 Å².